The van der Waals surface area contributed by atoms with Gasteiger partial charge in [-0.25, -0.2) is 0 Å². The molecule has 0 aliphatic heterocycles. The molecule has 0 radical (unpaired) electrons. The van der Waals surface area contributed by atoms with Gasteiger partial charge in [-0.15, -0.1) is 0 Å². The van der Waals surface area contributed by atoms with Gasteiger partial charge in [0.1, 0.15) is 0 Å². The fraction of sp³-hybridized carbons (Fsp3) is 0.421. The van der Waals surface area contributed by atoms with Gasteiger partial charge in [0.25, 0.3) is 0 Å². The van der Waals surface area contributed by atoms with Gasteiger partial charge in [-0.3, -0.25) is 4.79 Å². The Balaban J connectivity index is 1.51. The molecule has 3 nitrogen and oxygen atoms in total. The Hall–Kier alpha value is -2.03. The zero-order chi connectivity index (χ0) is 15.5. The van der Waals surface area contributed by atoms with E-state index in [0.29, 0.717) is 13.0 Å². The number of aromatic nitrogens is 1. The van der Waals surface area contributed by atoms with Crippen LogP contribution in [0.5, 0.6) is 0 Å². The largest absolute Gasteiger partial charge is 0.355 e. The molecule has 0 unspecified atom stereocenters. The van der Waals surface area contributed by atoms with Gasteiger partial charge in [0.2, 0.25) is 5.91 Å². The molecule has 1 aromatic carbocycles. The van der Waals surface area contributed by atoms with E-state index in [2.05, 4.69) is 29.8 Å². The number of hydrogen-bond donors (Lipinski definition) is 1. The van der Waals surface area contributed by atoms with Crippen LogP contribution < -0.4 is 5.32 Å². The van der Waals surface area contributed by atoms with E-state index in [-0.39, 0.29) is 5.91 Å². The fourth-order valence-corrected chi connectivity index (χ4v) is 3.17. The van der Waals surface area contributed by atoms with E-state index in [4.69, 9.17) is 0 Å². The molecule has 1 aliphatic rings. The highest BCUT2D eigenvalue weighted by atomic mass is 16.1. The summed E-state index contributed by atoms with van der Waals surface area (Å²) in [4.78, 5) is 12.0. The number of rotatable bonds is 6. The molecule has 3 rings (SSSR count). The zero-order valence-corrected chi connectivity index (χ0v) is 13.4. The van der Waals surface area contributed by atoms with Crippen LogP contribution in [0.1, 0.15) is 41.4 Å². The van der Waals surface area contributed by atoms with Crippen molar-refractivity contribution in [2.75, 3.05) is 6.54 Å². The molecule has 1 saturated carbocycles. The van der Waals surface area contributed by atoms with E-state index < -0.39 is 0 Å². The van der Waals surface area contributed by atoms with E-state index in [1.165, 1.54) is 29.8 Å². The summed E-state index contributed by atoms with van der Waals surface area (Å²) < 4.78 is 2.46. The minimum Gasteiger partial charge on any atom is -0.355 e. The first-order valence-corrected chi connectivity index (χ1v) is 8.13. The van der Waals surface area contributed by atoms with E-state index in [0.717, 1.165) is 18.0 Å². The summed E-state index contributed by atoms with van der Waals surface area (Å²) in [7, 11) is 0. The van der Waals surface area contributed by atoms with Crippen molar-refractivity contribution in [1.82, 2.24) is 9.88 Å². The third-order valence-corrected chi connectivity index (χ3v) is 4.43. The van der Waals surface area contributed by atoms with Crippen molar-refractivity contribution in [1.29, 1.82) is 0 Å². The quantitative estimate of drug-likeness (QED) is 0.871. The lowest BCUT2D eigenvalue weighted by Gasteiger charge is -2.08. The fourth-order valence-electron chi connectivity index (χ4n) is 3.17. The molecule has 3 heteroatoms. The lowest BCUT2D eigenvalue weighted by Crippen LogP contribution is -2.27. The van der Waals surface area contributed by atoms with Crippen molar-refractivity contribution in [2.24, 2.45) is 0 Å². The standard InChI is InChI=1S/C19H24N2O/c1-14-12-17(15(2)21(14)18-8-9-18)10-11-20-19(22)13-16-6-4-3-5-7-16/h3-7,12,18H,8-11,13H2,1-2H3,(H,20,22). The summed E-state index contributed by atoms with van der Waals surface area (Å²) in [6.45, 7) is 5.09. The zero-order valence-electron chi connectivity index (χ0n) is 13.4. The molecule has 1 aromatic heterocycles. The maximum atomic E-state index is 12.0. The topological polar surface area (TPSA) is 34.0 Å². The molecule has 2 aromatic rings. The molecule has 0 bridgehead atoms. The Bertz CT molecular complexity index is 654. The Morgan fingerprint density at radius 2 is 1.95 bits per heavy atom. The number of carbonyl (C=O) groups excluding carboxylic acids is 1. The minimum absolute atomic E-state index is 0.0993. The summed E-state index contributed by atoms with van der Waals surface area (Å²) in [5.41, 5.74) is 5.15. The molecule has 1 fully saturated rings. The van der Waals surface area contributed by atoms with Crippen molar-refractivity contribution < 1.29 is 4.79 Å². The van der Waals surface area contributed by atoms with E-state index in [9.17, 15) is 4.79 Å². The van der Waals surface area contributed by atoms with Crippen LogP contribution in [0.2, 0.25) is 0 Å². The monoisotopic (exact) mass is 296 g/mol. The summed E-state index contributed by atoms with van der Waals surface area (Å²) in [6, 6.07) is 12.9. The summed E-state index contributed by atoms with van der Waals surface area (Å²) in [6.07, 6.45) is 3.99. The SMILES string of the molecule is Cc1cc(CCNC(=O)Cc2ccccc2)c(C)n1C1CC1. The van der Waals surface area contributed by atoms with Crippen molar-refractivity contribution in [3.05, 3.63) is 58.9 Å². The number of benzene rings is 1. The number of hydrogen-bond acceptors (Lipinski definition) is 1. The molecular formula is C19H24N2O. The summed E-state index contributed by atoms with van der Waals surface area (Å²) >= 11 is 0. The Labute approximate surface area is 132 Å². The molecular weight excluding hydrogens is 272 g/mol. The Morgan fingerprint density at radius 3 is 2.64 bits per heavy atom. The van der Waals surface area contributed by atoms with Gasteiger partial charge < -0.3 is 9.88 Å². The molecule has 1 amide bonds. The number of nitrogens with one attached hydrogen (secondary N) is 1. The second-order valence-corrected chi connectivity index (χ2v) is 6.26. The predicted octanol–water partition coefficient (Wildman–Crippen LogP) is 3.34. The van der Waals surface area contributed by atoms with Crippen LogP contribution in [0.15, 0.2) is 36.4 Å². The number of aryl methyl sites for hydroxylation is 1. The molecule has 1 aliphatic carbocycles. The van der Waals surface area contributed by atoms with Gasteiger partial charge in [-0.2, -0.15) is 0 Å². The lowest BCUT2D eigenvalue weighted by atomic mass is 10.1. The van der Waals surface area contributed by atoms with Crippen LogP contribution in [0.4, 0.5) is 0 Å². The molecule has 22 heavy (non-hydrogen) atoms. The van der Waals surface area contributed by atoms with Gasteiger partial charge in [0.15, 0.2) is 0 Å². The first-order valence-electron chi connectivity index (χ1n) is 8.13. The highest BCUT2D eigenvalue weighted by molar-refractivity contribution is 5.78. The van der Waals surface area contributed by atoms with Crippen LogP contribution in [-0.2, 0) is 17.6 Å². The summed E-state index contributed by atoms with van der Waals surface area (Å²) in [5.74, 6) is 0.0993. The van der Waals surface area contributed by atoms with Crippen molar-refractivity contribution >= 4 is 5.91 Å². The Morgan fingerprint density at radius 1 is 1.23 bits per heavy atom. The maximum Gasteiger partial charge on any atom is 0.224 e. The number of nitrogens with zero attached hydrogens (tertiary/aromatic N) is 1. The van der Waals surface area contributed by atoms with Gasteiger partial charge in [0.05, 0.1) is 6.42 Å². The van der Waals surface area contributed by atoms with E-state index in [1.807, 2.05) is 30.3 Å². The van der Waals surface area contributed by atoms with Crippen LogP contribution in [0.25, 0.3) is 0 Å². The number of amides is 1. The van der Waals surface area contributed by atoms with Gasteiger partial charge in [-0.05, 0) is 50.3 Å². The third kappa shape index (κ3) is 3.41. The molecule has 1 heterocycles. The Kier molecular flexibility index (Phi) is 4.32. The van der Waals surface area contributed by atoms with Gasteiger partial charge in [0, 0.05) is 24.0 Å². The van der Waals surface area contributed by atoms with Gasteiger partial charge >= 0.3 is 0 Å². The highest BCUT2D eigenvalue weighted by Crippen LogP contribution is 2.38. The summed E-state index contributed by atoms with van der Waals surface area (Å²) in [5, 5.41) is 3.03. The highest BCUT2D eigenvalue weighted by Gasteiger charge is 2.26. The van der Waals surface area contributed by atoms with Crippen LogP contribution in [0.3, 0.4) is 0 Å². The first kappa shape index (κ1) is 14.9. The average molecular weight is 296 g/mol. The molecule has 0 spiro atoms. The van der Waals surface area contributed by atoms with E-state index >= 15 is 0 Å². The minimum atomic E-state index is 0.0993. The molecule has 116 valence electrons. The normalized spacial score (nSPS) is 14.1. The van der Waals surface area contributed by atoms with Crippen LogP contribution >= 0.6 is 0 Å². The van der Waals surface area contributed by atoms with Gasteiger partial charge in [-0.1, -0.05) is 30.3 Å². The molecule has 0 saturated heterocycles. The third-order valence-electron chi connectivity index (χ3n) is 4.43. The maximum absolute atomic E-state index is 12.0. The molecule has 0 atom stereocenters. The predicted molar refractivity (Wildman–Crippen MR) is 89.0 cm³/mol. The van der Waals surface area contributed by atoms with Crippen molar-refractivity contribution in [3.63, 3.8) is 0 Å². The van der Waals surface area contributed by atoms with Crippen molar-refractivity contribution in [2.45, 2.75) is 45.6 Å². The lowest BCUT2D eigenvalue weighted by molar-refractivity contribution is -0.120. The van der Waals surface area contributed by atoms with Crippen molar-refractivity contribution in [3.8, 4) is 0 Å². The molecule has 1 N–H and O–H groups in total. The first-order chi connectivity index (χ1) is 10.6. The second-order valence-electron chi connectivity index (χ2n) is 6.26. The van der Waals surface area contributed by atoms with Crippen LogP contribution in [0, 0.1) is 13.8 Å². The number of carbonyl (C=O) groups is 1. The average Bonchev–Trinajstić information content (AvgIpc) is 3.28. The van der Waals surface area contributed by atoms with E-state index in [1.54, 1.807) is 0 Å². The smallest absolute Gasteiger partial charge is 0.224 e. The van der Waals surface area contributed by atoms with Crippen LogP contribution in [-0.4, -0.2) is 17.0 Å². The second kappa shape index (κ2) is 6.39.